The van der Waals surface area contributed by atoms with Gasteiger partial charge in [-0.1, -0.05) is 59.8 Å². The van der Waals surface area contributed by atoms with Gasteiger partial charge in [0, 0.05) is 6.42 Å². The van der Waals surface area contributed by atoms with E-state index in [1.54, 1.807) is 6.92 Å². The van der Waals surface area contributed by atoms with Crippen LogP contribution in [-0.4, -0.2) is 71.7 Å². The summed E-state index contributed by atoms with van der Waals surface area (Å²) < 4.78 is 225. The van der Waals surface area contributed by atoms with E-state index in [2.05, 4.69) is 6.92 Å². The second kappa shape index (κ2) is 18.7. The number of unbranched alkanes of at least 4 members (excludes halogenated alkanes) is 6. The lowest BCUT2D eigenvalue weighted by Crippen LogP contribution is -2.44. The van der Waals surface area contributed by atoms with Gasteiger partial charge in [-0.2, -0.15) is 52.7 Å². The molecule has 25 heteroatoms. The molecule has 0 unspecified atom stereocenters. The van der Waals surface area contributed by atoms with Gasteiger partial charge in [0.2, 0.25) is 0 Å². The predicted molar refractivity (Wildman–Crippen MR) is 134 cm³/mol. The number of carbonyl (C=O) groups excluding carboxylic acids is 1. The summed E-state index contributed by atoms with van der Waals surface area (Å²) in [5.41, 5.74) is -24.2. The lowest BCUT2D eigenvalue weighted by atomic mass is 10.2. The van der Waals surface area contributed by atoms with Crippen molar-refractivity contribution in [2.75, 3.05) is 5.08 Å². The normalized spacial score (nSPS) is 13.6. The summed E-state index contributed by atoms with van der Waals surface area (Å²) in [4.78, 5) is 9.68. The van der Waals surface area contributed by atoms with Crippen molar-refractivity contribution in [2.45, 2.75) is 106 Å². The summed E-state index contributed by atoms with van der Waals surface area (Å²) in [6, 6.07) is 0. The summed E-state index contributed by atoms with van der Waals surface area (Å²) in [6.45, 7) is 3.83. The first kappa shape index (κ1) is 49.5. The van der Waals surface area contributed by atoms with Crippen LogP contribution in [0.25, 0.3) is 0 Å². The van der Waals surface area contributed by atoms with Crippen LogP contribution in [0.4, 0.5) is 52.7 Å². The third-order valence-corrected chi connectivity index (χ3v) is 13.1. The first-order chi connectivity index (χ1) is 18.8. The van der Waals surface area contributed by atoms with E-state index in [4.69, 9.17) is 0 Å². The Morgan fingerprint density at radius 3 is 1.09 bits per heavy atom. The summed E-state index contributed by atoms with van der Waals surface area (Å²) in [5.74, 6) is 0. The number of rotatable bonds is 13. The molecule has 0 saturated heterocycles. The smallest absolute Gasteiger partial charge is 0.303 e. The van der Waals surface area contributed by atoms with Gasteiger partial charge >= 0.3 is 22.0 Å². The van der Waals surface area contributed by atoms with Crippen molar-refractivity contribution in [3.63, 3.8) is 0 Å². The third-order valence-electron chi connectivity index (χ3n) is 4.57. The molecule has 0 aromatic heterocycles. The monoisotopic (exact) mass is 760 g/mol. The van der Waals surface area contributed by atoms with Gasteiger partial charge in [-0.25, -0.2) is 33.7 Å². The Morgan fingerprint density at radius 1 is 0.523 bits per heavy atom. The highest BCUT2D eigenvalue weighted by atomic mass is 32.3. The number of aldehydes is 1. The Balaban J connectivity index is -0.000000303. The molecule has 0 aromatic carbocycles. The maximum Gasteiger partial charge on any atom is 0.498 e. The minimum absolute atomic E-state index is 0. The number of sulfone groups is 4. The number of carbonyl (C=O) groups is 1. The van der Waals surface area contributed by atoms with Gasteiger partial charge in [0.05, 0.1) is 0 Å². The maximum atomic E-state index is 12.4. The van der Waals surface area contributed by atoms with Crippen LogP contribution in [0.5, 0.6) is 0 Å². The van der Waals surface area contributed by atoms with Crippen molar-refractivity contribution in [2.24, 2.45) is 0 Å². The Bertz CT molecular complexity index is 1180. The van der Waals surface area contributed by atoms with E-state index < -0.39 is 77.5 Å². The molecule has 0 aliphatic heterocycles. The van der Waals surface area contributed by atoms with Crippen LogP contribution in [0.1, 0.15) is 79.1 Å². The molecule has 0 rings (SSSR count). The molecule has 0 aromatic rings. The summed E-state index contributed by atoms with van der Waals surface area (Å²) >= 11 is 0. The second-order valence-electron chi connectivity index (χ2n) is 8.16. The van der Waals surface area contributed by atoms with Crippen LogP contribution in [-0.2, 0) is 44.1 Å². The van der Waals surface area contributed by atoms with Gasteiger partial charge in [0.1, 0.15) is 6.29 Å². The van der Waals surface area contributed by atoms with E-state index >= 15 is 0 Å². The zero-order valence-corrected chi connectivity index (χ0v) is 25.3. The maximum absolute atomic E-state index is 12.4. The van der Waals surface area contributed by atoms with E-state index in [0.29, 0.717) is 12.8 Å². The molecule has 0 fully saturated rings. The standard InChI is InChI=1S/C9H14F6O4S2.C6H12O.C3H2F6O4S2.CH4/c1-2-3-4-5-6-7(20(16,17)8(10,11)12)21(18,19)9(13,14)15;1-2-3-4-5-6-7;4-2(5,6)14(10,11)1-15(12,13)3(7,8)9;/h7H,2-6H2,1H3;6H,2-5H2,1H3;1H2;1H4. The fourth-order valence-electron chi connectivity index (χ4n) is 2.33. The van der Waals surface area contributed by atoms with Crippen molar-refractivity contribution < 1.29 is 91.2 Å². The topological polar surface area (TPSA) is 154 Å². The largest absolute Gasteiger partial charge is 0.498 e. The molecule has 0 saturated carbocycles. The van der Waals surface area contributed by atoms with Crippen LogP contribution in [0.2, 0.25) is 0 Å². The minimum Gasteiger partial charge on any atom is -0.303 e. The molecule has 0 amide bonds. The van der Waals surface area contributed by atoms with E-state index in [-0.39, 0.29) is 20.3 Å². The Hall–Kier alpha value is -1.37. The van der Waals surface area contributed by atoms with Gasteiger partial charge in [0.15, 0.2) is 9.67 Å². The molecule has 0 spiro atoms. The van der Waals surface area contributed by atoms with Crippen molar-refractivity contribution >= 4 is 45.6 Å². The fourth-order valence-corrected chi connectivity index (χ4v) is 8.57. The second-order valence-corrected chi connectivity index (χ2v) is 17.0. The van der Waals surface area contributed by atoms with Crippen LogP contribution in [0.3, 0.4) is 0 Å². The van der Waals surface area contributed by atoms with Gasteiger partial charge in [-0.15, -0.1) is 0 Å². The highest BCUT2D eigenvalue weighted by molar-refractivity contribution is 8.10. The molecule has 0 heterocycles. The number of hydrogen-bond acceptors (Lipinski definition) is 9. The average molecular weight is 761 g/mol. The molecule has 0 aliphatic carbocycles. The van der Waals surface area contributed by atoms with Crippen molar-refractivity contribution in [1.82, 2.24) is 0 Å². The molecule has 44 heavy (non-hydrogen) atoms. The first-order valence-corrected chi connectivity index (χ1v) is 17.8. The van der Waals surface area contributed by atoms with E-state index in [0.717, 1.165) is 19.1 Å². The Kier molecular flexibility index (Phi) is 21.0. The Morgan fingerprint density at radius 2 is 0.841 bits per heavy atom. The lowest BCUT2D eigenvalue weighted by Gasteiger charge is -2.20. The molecule has 0 N–H and O–H groups in total. The molecule has 0 bridgehead atoms. The average Bonchev–Trinajstić information content (AvgIpc) is 2.76. The quantitative estimate of drug-likeness (QED) is 0.118. The van der Waals surface area contributed by atoms with Crippen molar-refractivity contribution in [1.29, 1.82) is 0 Å². The highest BCUT2D eigenvalue weighted by Crippen LogP contribution is 2.38. The molecule has 0 aliphatic rings. The summed E-state index contributed by atoms with van der Waals surface area (Å²) in [5, 5.41) is -3.03. The minimum atomic E-state index is -6.47. The number of halogens is 12. The van der Waals surface area contributed by atoms with Crippen molar-refractivity contribution in [3.05, 3.63) is 0 Å². The van der Waals surface area contributed by atoms with Crippen LogP contribution < -0.4 is 0 Å². The highest BCUT2D eigenvalue weighted by Gasteiger charge is 2.62. The van der Waals surface area contributed by atoms with Gasteiger partial charge in [0.25, 0.3) is 39.3 Å². The van der Waals surface area contributed by atoms with E-state index in [9.17, 15) is 91.2 Å². The summed E-state index contributed by atoms with van der Waals surface area (Å²) in [6.07, 6.45) is 4.73. The Labute approximate surface area is 247 Å². The zero-order valence-electron chi connectivity index (χ0n) is 22.1. The zero-order chi connectivity index (χ0) is 35.4. The van der Waals surface area contributed by atoms with Gasteiger partial charge in [-0.3, -0.25) is 0 Å². The fraction of sp³-hybridized carbons (Fsp3) is 0.947. The first-order valence-electron chi connectivity index (χ1n) is 11.4. The molecule has 270 valence electrons. The van der Waals surface area contributed by atoms with Gasteiger partial charge < -0.3 is 4.79 Å². The SMILES string of the molecule is C.CCCCCC=O.CCCCCCC(S(=O)(=O)C(F)(F)F)S(=O)(=O)C(F)(F)F.O=S(=O)(CS(=O)(=O)C(F)(F)F)C(F)(F)F. The van der Waals surface area contributed by atoms with Gasteiger partial charge in [-0.05, 0) is 12.8 Å². The molecular weight excluding hydrogens is 728 g/mol. The number of hydrogen-bond donors (Lipinski definition) is 0. The van der Waals surface area contributed by atoms with Crippen LogP contribution in [0.15, 0.2) is 0 Å². The predicted octanol–water partition coefficient (Wildman–Crippen LogP) is 6.37. The summed E-state index contributed by atoms with van der Waals surface area (Å²) in [7, 11) is -25.6. The van der Waals surface area contributed by atoms with Crippen molar-refractivity contribution in [3.8, 4) is 0 Å². The van der Waals surface area contributed by atoms with E-state index in [1.807, 2.05) is 0 Å². The lowest BCUT2D eigenvalue weighted by molar-refractivity contribution is -0.108. The third kappa shape index (κ3) is 16.3. The molecule has 0 radical (unpaired) electrons. The molecule has 9 nitrogen and oxygen atoms in total. The molecular formula is C19H32F12O9S4. The van der Waals surface area contributed by atoms with E-state index in [1.165, 1.54) is 12.8 Å². The number of alkyl halides is 12. The van der Waals surface area contributed by atoms with Crippen LogP contribution >= 0.6 is 0 Å². The molecule has 0 atom stereocenters. The van der Waals surface area contributed by atoms with Crippen LogP contribution in [0, 0.1) is 0 Å².